The van der Waals surface area contributed by atoms with Crippen LogP contribution in [0.15, 0.2) is 0 Å². The number of unbranched alkanes of at least 4 members (excludes halogenated alkanes) is 1. The van der Waals surface area contributed by atoms with Crippen LogP contribution in [0.5, 0.6) is 0 Å². The van der Waals surface area contributed by atoms with Gasteiger partial charge in [0.2, 0.25) is 0 Å². The SMILES string of the molecule is CCCNC(C)(CCCCN(C)C(C)(C)CC)C(=O)OC. The number of carbonyl (C=O) groups excluding carboxylic acids is 1. The van der Waals surface area contributed by atoms with Crippen LogP contribution >= 0.6 is 0 Å². The normalized spacial score (nSPS) is 15.0. The summed E-state index contributed by atoms with van der Waals surface area (Å²) in [6.07, 6.45) is 5.09. The van der Waals surface area contributed by atoms with Crippen LogP contribution in [0.25, 0.3) is 0 Å². The number of nitrogens with one attached hydrogen (secondary N) is 1. The third kappa shape index (κ3) is 6.79. The van der Waals surface area contributed by atoms with E-state index < -0.39 is 5.54 Å². The Kier molecular flexibility index (Phi) is 9.14. The number of carbonyl (C=O) groups is 1. The molecule has 126 valence electrons. The molecule has 0 aliphatic rings. The van der Waals surface area contributed by atoms with Crippen molar-refractivity contribution in [3.8, 4) is 0 Å². The van der Waals surface area contributed by atoms with Gasteiger partial charge in [0.05, 0.1) is 7.11 Å². The molecular weight excluding hydrogens is 264 g/mol. The standard InChI is InChI=1S/C17H36N2O2/c1-8-13-18-17(5,15(20)21-7)12-10-11-14-19(6)16(3,4)9-2/h18H,8-14H2,1-7H3. The fourth-order valence-corrected chi connectivity index (χ4v) is 2.29. The predicted octanol–water partition coefficient (Wildman–Crippen LogP) is 3.21. The van der Waals surface area contributed by atoms with E-state index in [9.17, 15) is 4.79 Å². The van der Waals surface area contributed by atoms with Gasteiger partial charge in [0, 0.05) is 5.54 Å². The maximum absolute atomic E-state index is 12.0. The van der Waals surface area contributed by atoms with E-state index in [-0.39, 0.29) is 11.5 Å². The monoisotopic (exact) mass is 300 g/mol. The van der Waals surface area contributed by atoms with Crippen LogP contribution in [0.2, 0.25) is 0 Å². The molecule has 21 heavy (non-hydrogen) atoms. The van der Waals surface area contributed by atoms with Crippen LogP contribution < -0.4 is 5.32 Å². The molecular formula is C17H36N2O2. The third-order valence-corrected chi connectivity index (χ3v) is 4.72. The second-order valence-corrected chi connectivity index (χ2v) is 6.80. The summed E-state index contributed by atoms with van der Waals surface area (Å²) in [5.74, 6) is -0.154. The summed E-state index contributed by atoms with van der Waals surface area (Å²) in [6, 6.07) is 0. The Hall–Kier alpha value is -0.610. The molecule has 4 heteroatoms. The molecule has 0 aromatic carbocycles. The fourth-order valence-electron chi connectivity index (χ4n) is 2.29. The Bertz CT molecular complexity index is 305. The number of hydrogen-bond donors (Lipinski definition) is 1. The van der Waals surface area contributed by atoms with Crippen LogP contribution in [0.4, 0.5) is 0 Å². The maximum Gasteiger partial charge on any atom is 0.325 e. The van der Waals surface area contributed by atoms with Crippen LogP contribution in [-0.2, 0) is 9.53 Å². The minimum absolute atomic E-state index is 0.154. The Morgan fingerprint density at radius 3 is 2.29 bits per heavy atom. The molecule has 0 aliphatic heterocycles. The molecule has 1 atom stereocenters. The highest BCUT2D eigenvalue weighted by Gasteiger charge is 2.33. The smallest absolute Gasteiger partial charge is 0.325 e. The summed E-state index contributed by atoms with van der Waals surface area (Å²) in [4.78, 5) is 14.4. The van der Waals surface area contributed by atoms with E-state index in [1.165, 1.54) is 7.11 Å². The molecule has 0 bridgehead atoms. The Balaban J connectivity index is 4.29. The Morgan fingerprint density at radius 2 is 1.81 bits per heavy atom. The van der Waals surface area contributed by atoms with Crippen LogP contribution in [0, 0.1) is 0 Å². The average molecular weight is 300 g/mol. The van der Waals surface area contributed by atoms with Crippen molar-refractivity contribution < 1.29 is 9.53 Å². The molecule has 1 N–H and O–H groups in total. The van der Waals surface area contributed by atoms with E-state index in [1.54, 1.807) is 0 Å². The summed E-state index contributed by atoms with van der Waals surface area (Å²) < 4.78 is 4.95. The van der Waals surface area contributed by atoms with E-state index in [4.69, 9.17) is 4.74 Å². The number of rotatable bonds is 11. The van der Waals surface area contributed by atoms with Gasteiger partial charge in [0.1, 0.15) is 5.54 Å². The highest BCUT2D eigenvalue weighted by Crippen LogP contribution is 2.19. The first-order valence-corrected chi connectivity index (χ1v) is 8.28. The first kappa shape index (κ1) is 20.4. The van der Waals surface area contributed by atoms with E-state index >= 15 is 0 Å². The molecule has 1 unspecified atom stereocenters. The lowest BCUT2D eigenvalue weighted by atomic mass is 9.94. The number of nitrogens with zero attached hydrogens (tertiary/aromatic N) is 1. The van der Waals surface area contributed by atoms with Crippen molar-refractivity contribution in [2.45, 2.75) is 77.8 Å². The summed E-state index contributed by atoms with van der Waals surface area (Å²) in [6.45, 7) is 12.7. The Morgan fingerprint density at radius 1 is 1.19 bits per heavy atom. The first-order chi connectivity index (χ1) is 9.73. The van der Waals surface area contributed by atoms with Gasteiger partial charge in [-0.05, 0) is 73.0 Å². The molecule has 0 aromatic rings. The highest BCUT2D eigenvalue weighted by atomic mass is 16.5. The average Bonchev–Trinajstić information content (AvgIpc) is 2.48. The molecule has 0 spiro atoms. The lowest BCUT2D eigenvalue weighted by molar-refractivity contribution is -0.148. The van der Waals surface area contributed by atoms with Crippen molar-refractivity contribution in [3.63, 3.8) is 0 Å². The summed E-state index contributed by atoms with van der Waals surface area (Å²) in [7, 11) is 3.64. The van der Waals surface area contributed by atoms with Crippen LogP contribution in [0.1, 0.15) is 66.7 Å². The quantitative estimate of drug-likeness (QED) is 0.470. The zero-order chi connectivity index (χ0) is 16.5. The summed E-state index contributed by atoms with van der Waals surface area (Å²) >= 11 is 0. The number of hydrogen-bond acceptors (Lipinski definition) is 4. The van der Waals surface area contributed by atoms with Crippen molar-refractivity contribution in [1.29, 1.82) is 0 Å². The third-order valence-electron chi connectivity index (χ3n) is 4.72. The fraction of sp³-hybridized carbons (Fsp3) is 0.941. The van der Waals surface area contributed by atoms with Crippen LogP contribution in [-0.4, -0.2) is 49.2 Å². The molecule has 0 saturated carbocycles. The van der Waals surface area contributed by atoms with Gasteiger partial charge in [0.25, 0.3) is 0 Å². The Labute approximate surface area is 131 Å². The van der Waals surface area contributed by atoms with Gasteiger partial charge in [0.15, 0.2) is 0 Å². The van der Waals surface area contributed by atoms with Gasteiger partial charge in [-0.2, -0.15) is 0 Å². The van der Waals surface area contributed by atoms with E-state index in [0.717, 1.165) is 45.2 Å². The second-order valence-electron chi connectivity index (χ2n) is 6.80. The lowest BCUT2D eigenvalue weighted by Crippen LogP contribution is -2.50. The predicted molar refractivity (Wildman–Crippen MR) is 89.6 cm³/mol. The molecule has 0 saturated heterocycles. The zero-order valence-electron chi connectivity index (χ0n) is 15.2. The lowest BCUT2D eigenvalue weighted by Gasteiger charge is -2.35. The molecule has 0 fully saturated rings. The molecule has 0 aliphatic carbocycles. The maximum atomic E-state index is 12.0. The highest BCUT2D eigenvalue weighted by molar-refractivity contribution is 5.80. The summed E-state index contributed by atoms with van der Waals surface area (Å²) in [5, 5.41) is 3.34. The number of methoxy groups -OCH3 is 1. The molecule has 4 nitrogen and oxygen atoms in total. The number of ether oxygens (including phenoxy) is 1. The molecule has 0 amide bonds. The minimum Gasteiger partial charge on any atom is -0.468 e. The van der Waals surface area contributed by atoms with Gasteiger partial charge in [-0.25, -0.2) is 0 Å². The van der Waals surface area contributed by atoms with Gasteiger partial charge < -0.3 is 15.0 Å². The van der Waals surface area contributed by atoms with Crippen molar-refractivity contribution in [1.82, 2.24) is 10.2 Å². The second kappa shape index (κ2) is 9.42. The molecule has 0 heterocycles. The van der Waals surface area contributed by atoms with Crippen molar-refractivity contribution >= 4 is 5.97 Å². The van der Waals surface area contributed by atoms with Gasteiger partial charge >= 0.3 is 5.97 Å². The molecule has 0 radical (unpaired) electrons. The molecule has 0 rings (SSSR count). The van der Waals surface area contributed by atoms with Gasteiger partial charge in [-0.1, -0.05) is 13.8 Å². The van der Waals surface area contributed by atoms with Crippen molar-refractivity contribution in [2.24, 2.45) is 0 Å². The topological polar surface area (TPSA) is 41.6 Å². The van der Waals surface area contributed by atoms with Crippen LogP contribution in [0.3, 0.4) is 0 Å². The van der Waals surface area contributed by atoms with Crippen molar-refractivity contribution in [3.05, 3.63) is 0 Å². The molecule has 0 aromatic heterocycles. The van der Waals surface area contributed by atoms with E-state index in [2.05, 4.69) is 45.0 Å². The van der Waals surface area contributed by atoms with E-state index in [0.29, 0.717) is 0 Å². The first-order valence-electron chi connectivity index (χ1n) is 8.28. The largest absolute Gasteiger partial charge is 0.468 e. The van der Waals surface area contributed by atoms with Gasteiger partial charge in [-0.3, -0.25) is 4.79 Å². The van der Waals surface area contributed by atoms with Crippen molar-refractivity contribution in [2.75, 3.05) is 27.2 Å². The van der Waals surface area contributed by atoms with Gasteiger partial charge in [-0.15, -0.1) is 0 Å². The minimum atomic E-state index is -0.552. The van der Waals surface area contributed by atoms with E-state index in [1.807, 2.05) is 6.92 Å². The zero-order valence-corrected chi connectivity index (χ0v) is 15.2. The summed E-state index contributed by atoms with van der Waals surface area (Å²) in [5.41, 5.74) is -0.310. The number of esters is 1.